The van der Waals surface area contributed by atoms with Crippen LogP contribution in [0.2, 0.25) is 0 Å². The van der Waals surface area contributed by atoms with E-state index in [2.05, 4.69) is 5.32 Å². The molecule has 2 rings (SSSR count). The SMILES string of the molecule is CC(=O)Nc1ccc2c(ccc[n+]2C)c1. The molecule has 1 aromatic heterocycles. The van der Waals surface area contributed by atoms with Crippen molar-refractivity contribution >= 4 is 22.5 Å². The Morgan fingerprint density at radius 1 is 1.33 bits per heavy atom. The zero-order valence-corrected chi connectivity index (χ0v) is 8.82. The van der Waals surface area contributed by atoms with Crippen molar-refractivity contribution in [1.82, 2.24) is 0 Å². The molecule has 0 saturated carbocycles. The molecule has 1 aromatic carbocycles. The molecule has 1 heterocycles. The number of nitrogens with one attached hydrogen (secondary N) is 1. The molecule has 3 nitrogen and oxygen atoms in total. The van der Waals surface area contributed by atoms with Gasteiger partial charge >= 0.3 is 0 Å². The van der Waals surface area contributed by atoms with Crippen LogP contribution in [0.3, 0.4) is 0 Å². The first-order valence-electron chi connectivity index (χ1n) is 4.83. The fourth-order valence-electron chi connectivity index (χ4n) is 1.65. The summed E-state index contributed by atoms with van der Waals surface area (Å²) in [6.07, 6.45) is 2.00. The Labute approximate surface area is 88.3 Å². The Morgan fingerprint density at radius 2 is 2.13 bits per heavy atom. The number of aromatic nitrogens is 1. The van der Waals surface area contributed by atoms with Gasteiger partial charge in [-0.05, 0) is 18.2 Å². The normalized spacial score (nSPS) is 10.3. The summed E-state index contributed by atoms with van der Waals surface area (Å²) in [5, 5.41) is 3.89. The number of carbonyl (C=O) groups excluding carboxylic acids is 1. The van der Waals surface area contributed by atoms with E-state index in [1.54, 1.807) is 0 Å². The number of hydrogen-bond acceptors (Lipinski definition) is 1. The van der Waals surface area contributed by atoms with Crippen LogP contribution in [0.4, 0.5) is 5.69 Å². The number of benzene rings is 1. The quantitative estimate of drug-likeness (QED) is 0.699. The summed E-state index contributed by atoms with van der Waals surface area (Å²) in [5.41, 5.74) is 1.98. The van der Waals surface area contributed by atoms with E-state index in [9.17, 15) is 4.79 Å². The average Bonchev–Trinajstić information content (AvgIpc) is 2.17. The van der Waals surface area contributed by atoms with Crippen molar-refractivity contribution in [3.63, 3.8) is 0 Å². The Kier molecular flexibility index (Phi) is 2.37. The molecule has 0 atom stereocenters. The highest BCUT2D eigenvalue weighted by Crippen LogP contribution is 2.15. The molecular formula is C12H13N2O+. The first-order valence-corrected chi connectivity index (χ1v) is 4.83. The highest BCUT2D eigenvalue weighted by Gasteiger charge is 2.04. The lowest BCUT2D eigenvalue weighted by atomic mass is 10.2. The van der Waals surface area contributed by atoms with Crippen LogP contribution in [0.5, 0.6) is 0 Å². The maximum atomic E-state index is 10.9. The number of nitrogens with zero attached hydrogens (tertiary/aromatic N) is 1. The number of amides is 1. The van der Waals surface area contributed by atoms with Crippen molar-refractivity contribution in [3.05, 3.63) is 36.5 Å². The second kappa shape index (κ2) is 3.69. The van der Waals surface area contributed by atoms with Crippen LogP contribution in [-0.4, -0.2) is 5.91 Å². The van der Waals surface area contributed by atoms with Gasteiger partial charge in [0.2, 0.25) is 11.4 Å². The maximum Gasteiger partial charge on any atom is 0.221 e. The smallest absolute Gasteiger partial charge is 0.221 e. The number of carbonyl (C=O) groups is 1. The van der Waals surface area contributed by atoms with Gasteiger partial charge in [-0.1, -0.05) is 0 Å². The van der Waals surface area contributed by atoms with Crippen LogP contribution >= 0.6 is 0 Å². The summed E-state index contributed by atoms with van der Waals surface area (Å²) >= 11 is 0. The molecule has 0 spiro atoms. The Balaban J connectivity index is 2.52. The molecule has 0 aliphatic carbocycles. The van der Waals surface area contributed by atoms with Crippen LogP contribution in [0, 0.1) is 0 Å². The molecule has 0 radical (unpaired) electrons. The lowest BCUT2D eigenvalue weighted by molar-refractivity contribution is -0.644. The van der Waals surface area contributed by atoms with E-state index in [-0.39, 0.29) is 5.91 Å². The summed E-state index contributed by atoms with van der Waals surface area (Å²) in [6.45, 7) is 1.51. The number of anilines is 1. The van der Waals surface area contributed by atoms with Gasteiger partial charge in [0.1, 0.15) is 7.05 Å². The maximum absolute atomic E-state index is 10.9. The van der Waals surface area contributed by atoms with Crippen LogP contribution in [0.1, 0.15) is 6.92 Å². The monoisotopic (exact) mass is 201 g/mol. The van der Waals surface area contributed by atoms with Gasteiger partial charge in [-0.25, -0.2) is 4.57 Å². The molecule has 0 saturated heterocycles. The van der Waals surface area contributed by atoms with Crippen molar-refractivity contribution < 1.29 is 9.36 Å². The molecule has 0 unspecified atom stereocenters. The second-order valence-electron chi connectivity index (χ2n) is 3.57. The van der Waals surface area contributed by atoms with Gasteiger partial charge in [0.25, 0.3) is 0 Å². The number of pyridine rings is 1. The average molecular weight is 201 g/mol. The molecule has 0 aliphatic rings. The highest BCUT2D eigenvalue weighted by molar-refractivity contribution is 5.91. The van der Waals surface area contributed by atoms with Gasteiger partial charge in [0.15, 0.2) is 6.20 Å². The van der Waals surface area contributed by atoms with Crippen LogP contribution in [0.25, 0.3) is 10.9 Å². The van der Waals surface area contributed by atoms with Gasteiger partial charge in [0, 0.05) is 30.1 Å². The summed E-state index contributed by atoms with van der Waals surface area (Å²) in [7, 11) is 2.00. The van der Waals surface area contributed by atoms with Gasteiger partial charge in [-0.3, -0.25) is 4.79 Å². The molecule has 1 N–H and O–H groups in total. The minimum absolute atomic E-state index is 0.0466. The largest absolute Gasteiger partial charge is 0.326 e. The Morgan fingerprint density at radius 3 is 2.87 bits per heavy atom. The fourth-order valence-corrected chi connectivity index (χ4v) is 1.65. The van der Waals surface area contributed by atoms with Crippen LogP contribution in [0.15, 0.2) is 36.5 Å². The zero-order valence-electron chi connectivity index (χ0n) is 8.82. The van der Waals surface area contributed by atoms with E-state index in [4.69, 9.17) is 0 Å². The van der Waals surface area contributed by atoms with Crippen molar-refractivity contribution in [2.24, 2.45) is 7.05 Å². The van der Waals surface area contributed by atoms with Gasteiger partial charge in [-0.2, -0.15) is 0 Å². The van der Waals surface area contributed by atoms with E-state index >= 15 is 0 Å². The molecule has 0 aliphatic heterocycles. The number of fused-ring (bicyclic) bond motifs is 1. The molecule has 0 fully saturated rings. The predicted molar refractivity (Wildman–Crippen MR) is 59.4 cm³/mol. The first-order chi connectivity index (χ1) is 7.16. The van der Waals surface area contributed by atoms with Crippen molar-refractivity contribution in [1.29, 1.82) is 0 Å². The lowest BCUT2D eigenvalue weighted by Gasteiger charge is -2.02. The highest BCUT2D eigenvalue weighted by atomic mass is 16.1. The Hall–Kier alpha value is -1.90. The van der Waals surface area contributed by atoms with Crippen molar-refractivity contribution in [2.45, 2.75) is 6.92 Å². The minimum atomic E-state index is -0.0466. The third-order valence-electron chi connectivity index (χ3n) is 2.31. The topological polar surface area (TPSA) is 33.0 Å². The minimum Gasteiger partial charge on any atom is -0.326 e. The first kappa shape index (κ1) is 9.65. The number of hydrogen-bond donors (Lipinski definition) is 1. The second-order valence-corrected chi connectivity index (χ2v) is 3.57. The third-order valence-corrected chi connectivity index (χ3v) is 2.31. The van der Waals surface area contributed by atoms with Gasteiger partial charge in [0.05, 0.1) is 0 Å². The molecule has 76 valence electrons. The molecule has 0 bridgehead atoms. The summed E-state index contributed by atoms with van der Waals surface area (Å²) in [5.74, 6) is -0.0466. The molecule has 1 amide bonds. The Bertz CT molecular complexity index is 520. The van der Waals surface area contributed by atoms with E-state index in [0.29, 0.717) is 0 Å². The third kappa shape index (κ3) is 1.96. The molecular weight excluding hydrogens is 188 g/mol. The van der Waals surface area contributed by atoms with E-state index < -0.39 is 0 Å². The summed E-state index contributed by atoms with van der Waals surface area (Å²) in [4.78, 5) is 10.9. The number of aryl methyl sites for hydroxylation is 1. The van der Waals surface area contributed by atoms with Crippen LogP contribution in [-0.2, 0) is 11.8 Å². The van der Waals surface area contributed by atoms with Crippen molar-refractivity contribution in [2.75, 3.05) is 5.32 Å². The summed E-state index contributed by atoms with van der Waals surface area (Å²) in [6, 6.07) is 9.89. The van der Waals surface area contributed by atoms with Crippen molar-refractivity contribution in [3.8, 4) is 0 Å². The van der Waals surface area contributed by atoms with E-state index in [1.807, 2.05) is 48.1 Å². The van der Waals surface area contributed by atoms with E-state index in [0.717, 1.165) is 16.6 Å². The predicted octanol–water partition coefficient (Wildman–Crippen LogP) is 1.62. The fraction of sp³-hybridized carbons (Fsp3) is 0.167. The zero-order chi connectivity index (χ0) is 10.8. The van der Waals surface area contributed by atoms with Crippen LogP contribution < -0.4 is 9.88 Å². The molecule has 3 heteroatoms. The lowest BCUT2D eigenvalue weighted by Crippen LogP contribution is -2.27. The molecule has 2 aromatic rings. The van der Waals surface area contributed by atoms with Gasteiger partial charge < -0.3 is 5.32 Å². The van der Waals surface area contributed by atoms with E-state index in [1.165, 1.54) is 6.92 Å². The molecule has 15 heavy (non-hydrogen) atoms. The number of rotatable bonds is 1. The van der Waals surface area contributed by atoms with Gasteiger partial charge in [-0.15, -0.1) is 0 Å². The standard InChI is InChI=1S/C12H12N2O/c1-9(15)13-11-5-6-12-10(8-11)4-3-7-14(12)2/h3-8H,1-2H3/p+1. The summed E-state index contributed by atoms with van der Waals surface area (Å²) < 4.78 is 2.05.